The van der Waals surface area contributed by atoms with Crippen molar-refractivity contribution in [3.8, 4) is 11.1 Å². The van der Waals surface area contributed by atoms with Crippen molar-refractivity contribution in [2.75, 3.05) is 18.4 Å². The molecule has 1 atom stereocenters. The smallest absolute Gasteiger partial charge is 0.352 e. The average molecular weight is 546 g/mol. The summed E-state index contributed by atoms with van der Waals surface area (Å²) >= 11 is 12.4. The number of halogens is 2. The molecule has 1 unspecified atom stereocenters. The summed E-state index contributed by atoms with van der Waals surface area (Å²) in [5.41, 5.74) is 5.76. The molecule has 1 aromatic heterocycles. The van der Waals surface area contributed by atoms with Crippen LogP contribution in [0.2, 0.25) is 5.02 Å². The second-order valence-electron chi connectivity index (χ2n) is 9.29. The fraction of sp³-hybridized carbons (Fsp3) is 0.226. The lowest BCUT2D eigenvalue weighted by atomic mass is 10.0. The molecule has 2 heterocycles. The minimum absolute atomic E-state index is 0.136. The standard InChI is InChI=1S/C31H29Cl2N3O2/c32-24-14-15-25-26(16-19-35-27(25)20-24)34-17-6-1-2-7-18-36-29-28(33)31(37)38-30(29)23-12-10-22(11-13-23)21-8-4-3-5-9-21/h3-5,8-16,19-20,30,36H,1-2,6-7,17-18H2,(H,34,35). The second kappa shape index (κ2) is 12.3. The predicted molar refractivity (Wildman–Crippen MR) is 155 cm³/mol. The summed E-state index contributed by atoms with van der Waals surface area (Å²) in [7, 11) is 0. The highest BCUT2D eigenvalue weighted by Crippen LogP contribution is 2.36. The van der Waals surface area contributed by atoms with Crippen LogP contribution in [0.3, 0.4) is 0 Å². The third kappa shape index (κ3) is 6.12. The van der Waals surface area contributed by atoms with E-state index in [9.17, 15) is 4.79 Å². The Morgan fingerprint density at radius 2 is 1.50 bits per heavy atom. The number of esters is 1. The van der Waals surface area contributed by atoms with Gasteiger partial charge in [-0.3, -0.25) is 4.98 Å². The van der Waals surface area contributed by atoms with E-state index in [1.165, 1.54) is 0 Å². The van der Waals surface area contributed by atoms with Crippen LogP contribution in [0.5, 0.6) is 0 Å². The van der Waals surface area contributed by atoms with Crippen LogP contribution in [0.1, 0.15) is 37.4 Å². The van der Waals surface area contributed by atoms with Crippen LogP contribution in [0.15, 0.2) is 95.8 Å². The number of ether oxygens (including phenoxy) is 1. The van der Waals surface area contributed by atoms with E-state index < -0.39 is 12.1 Å². The topological polar surface area (TPSA) is 63.2 Å². The molecule has 38 heavy (non-hydrogen) atoms. The third-order valence-electron chi connectivity index (χ3n) is 6.66. The van der Waals surface area contributed by atoms with E-state index in [2.05, 4.69) is 27.8 Å². The van der Waals surface area contributed by atoms with E-state index in [1.54, 1.807) is 6.20 Å². The molecule has 5 rings (SSSR count). The second-order valence-corrected chi connectivity index (χ2v) is 10.1. The number of hydrogen-bond donors (Lipinski definition) is 2. The van der Waals surface area contributed by atoms with Gasteiger partial charge < -0.3 is 15.4 Å². The normalized spacial score (nSPS) is 15.1. The van der Waals surface area contributed by atoms with Crippen molar-refractivity contribution in [2.24, 2.45) is 0 Å². The number of benzene rings is 3. The van der Waals surface area contributed by atoms with Gasteiger partial charge in [-0.25, -0.2) is 4.79 Å². The first-order chi connectivity index (χ1) is 18.6. The van der Waals surface area contributed by atoms with Gasteiger partial charge in [0.25, 0.3) is 0 Å². The first-order valence-electron chi connectivity index (χ1n) is 12.9. The molecule has 0 radical (unpaired) electrons. The number of carbonyl (C=O) groups is 1. The number of carbonyl (C=O) groups excluding carboxylic acids is 1. The zero-order valence-electron chi connectivity index (χ0n) is 20.9. The van der Waals surface area contributed by atoms with Gasteiger partial charge in [0.15, 0.2) is 6.10 Å². The number of aromatic nitrogens is 1. The van der Waals surface area contributed by atoms with Crippen molar-refractivity contribution < 1.29 is 9.53 Å². The number of cyclic esters (lactones) is 1. The molecule has 0 aliphatic carbocycles. The molecule has 0 fully saturated rings. The Morgan fingerprint density at radius 1 is 0.789 bits per heavy atom. The monoisotopic (exact) mass is 545 g/mol. The Balaban J connectivity index is 1.07. The van der Waals surface area contributed by atoms with Crippen molar-refractivity contribution in [1.82, 2.24) is 10.3 Å². The molecule has 2 N–H and O–H groups in total. The minimum atomic E-state index is -0.505. The highest BCUT2D eigenvalue weighted by atomic mass is 35.5. The van der Waals surface area contributed by atoms with Crippen molar-refractivity contribution in [3.63, 3.8) is 0 Å². The third-order valence-corrected chi connectivity index (χ3v) is 7.26. The molecule has 0 bridgehead atoms. The quantitative estimate of drug-likeness (QED) is 0.148. The lowest BCUT2D eigenvalue weighted by Crippen LogP contribution is -2.19. The lowest BCUT2D eigenvalue weighted by Gasteiger charge is -2.17. The summed E-state index contributed by atoms with van der Waals surface area (Å²) in [6.45, 7) is 1.61. The molecular weight excluding hydrogens is 517 g/mol. The number of fused-ring (bicyclic) bond motifs is 1. The Labute approximate surface area is 232 Å². The summed E-state index contributed by atoms with van der Waals surface area (Å²) in [4.78, 5) is 16.6. The SMILES string of the molecule is O=C1OC(c2ccc(-c3ccccc3)cc2)C(NCCCCCCNc2ccnc3cc(Cl)ccc23)=C1Cl. The summed E-state index contributed by atoms with van der Waals surface area (Å²) < 4.78 is 5.58. The maximum absolute atomic E-state index is 12.2. The maximum atomic E-state index is 12.2. The summed E-state index contributed by atoms with van der Waals surface area (Å²) in [5, 5.41) is 8.78. The van der Waals surface area contributed by atoms with E-state index in [0.29, 0.717) is 10.7 Å². The van der Waals surface area contributed by atoms with Crippen LogP contribution in [0.4, 0.5) is 5.69 Å². The molecule has 1 aliphatic rings. The summed E-state index contributed by atoms with van der Waals surface area (Å²) in [6.07, 6.45) is 5.48. The Kier molecular flexibility index (Phi) is 8.47. The van der Waals surface area contributed by atoms with Gasteiger partial charge in [-0.05, 0) is 53.8 Å². The maximum Gasteiger partial charge on any atom is 0.352 e. The Morgan fingerprint density at radius 3 is 2.26 bits per heavy atom. The number of nitrogens with one attached hydrogen (secondary N) is 2. The molecule has 0 saturated heterocycles. The summed E-state index contributed by atoms with van der Waals surface area (Å²) in [5.74, 6) is -0.483. The lowest BCUT2D eigenvalue weighted by molar-refractivity contribution is -0.139. The molecule has 0 spiro atoms. The molecule has 1 aliphatic heterocycles. The van der Waals surface area contributed by atoms with Crippen molar-refractivity contribution in [2.45, 2.75) is 31.8 Å². The van der Waals surface area contributed by atoms with Crippen LogP contribution >= 0.6 is 23.2 Å². The van der Waals surface area contributed by atoms with Gasteiger partial charge in [0.1, 0.15) is 5.03 Å². The highest BCUT2D eigenvalue weighted by molar-refractivity contribution is 6.42. The van der Waals surface area contributed by atoms with E-state index in [0.717, 1.165) is 72.1 Å². The highest BCUT2D eigenvalue weighted by Gasteiger charge is 2.34. The molecular formula is C31H29Cl2N3O2. The number of nitrogens with zero attached hydrogens (tertiary/aromatic N) is 1. The van der Waals surface area contributed by atoms with Crippen molar-refractivity contribution in [1.29, 1.82) is 0 Å². The van der Waals surface area contributed by atoms with Crippen molar-refractivity contribution in [3.05, 3.63) is 106 Å². The van der Waals surface area contributed by atoms with Gasteiger partial charge in [0, 0.05) is 35.4 Å². The average Bonchev–Trinajstić information content (AvgIpc) is 3.23. The number of rotatable bonds is 11. The fourth-order valence-corrected chi connectivity index (χ4v) is 5.03. The first kappa shape index (κ1) is 26.1. The molecule has 194 valence electrons. The van der Waals surface area contributed by atoms with Gasteiger partial charge in [0.05, 0.1) is 11.2 Å². The predicted octanol–water partition coefficient (Wildman–Crippen LogP) is 7.87. The molecule has 4 aromatic rings. The zero-order chi connectivity index (χ0) is 26.3. The number of unbranched alkanes of at least 4 members (excludes halogenated alkanes) is 3. The van der Waals surface area contributed by atoms with Gasteiger partial charge >= 0.3 is 5.97 Å². The largest absolute Gasteiger partial charge is 0.447 e. The van der Waals surface area contributed by atoms with Gasteiger partial charge in [-0.1, -0.05) is 90.6 Å². The van der Waals surface area contributed by atoms with Crippen LogP contribution in [-0.2, 0) is 9.53 Å². The molecule has 7 heteroatoms. The number of anilines is 1. The van der Waals surface area contributed by atoms with Gasteiger partial charge in [-0.15, -0.1) is 0 Å². The molecule has 0 saturated carbocycles. The van der Waals surface area contributed by atoms with E-state index in [4.69, 9.17) is 27.9 Å². The summed E-state index contributed by atoms with van der Waals surface area (Å²) in [6, 6.07) is 26.0. The van der Waals surface area contributed by atoms with Crippen molar-refractivity contribution >= 4 is 45.8 Å². The molecule has 5 nitrogen and oxygen atoms in total. The minimum Gasteiger partial charge on any atom is -0.447 e. The van der Waals surface area contributed by atoms with Crippen LogP contribution < -0.4 is 10.6 Å². The molecule has 3 aromatic carbocycles. The van der Waals surface area contributed by atoms with Gasteiger partial charge in [-0.2, -0.15) is 0 Å². The zero-order valence-corrected chi connectivity index (χ0v) is 22.4. The fourth-order valence-electron chi connectivity index (χ4n) is 4.65. The Hall–Kier alpha value is -3.54. The number of hydrogen-bond acceptors (Lipinski definition) is 5. The Bertz CT molecular complexity index is 1440. The first-order valence-corrected chi connectivity index (χ1v) is 13.6. The van der Waals surface area contributed by atoms with Crippen LogP contribution in [-0.4, -0.2) is 24.0 Å². The van der Waals surface area contributed by atoms with E-state index >= 15 is 0 Å². The van der Waals surface area contributed by atoms with Crippen LogP contribution in [0.25, 0.3) is 22.0 Å². The van der Waals surface area contributed by atoms with Gasteiger partial charge in [0.2, 0.25) is 0 Å². The van der Waals surface area contributed by atoms with E-state index in [1.807, 2.05) is 66.7 Å². The number of pyridine rings is 1. The van der Waals surface area contributed by atoms with Crippen LogP contribution in [0, 0.1) is 0 Å². The molecule has 0 amide bonds. The van der Waals surface area contributed by atoms with E-state index in [-0.39, 0.29) is 5.03 Å².